The molecular weight excluding hydrogens is 310 g/mol. The zero-order valence-corrected chi connectivity index (χ0v) is 12.5. The van der Waals surface area contributed by atoms with Crippen molar-refractivity contribution >= 4 is 39.1 Å². The van der Waals surface area contributed by atoms with Gasteiger partial charge in [-0.2, -0.15) is 0 Å². The number of fused-ring (bicyclic) bond motifs is 1. The van der Waals surface area contributed by atoms with E-state index in [-0.39, 0.29) is 11.6 Å². The lowest BCUT2D eigenvalue weighted by atomic mass is 10.1. The van der Waals surface area contributed by atoms with E-state index in [1.807, 2.05) is 31.4 Å². The van der Waals surface area contributed by atoms with Crippen molar-refractivity contribution in [1.29, 1.82) is 0 Å². The van der Waals surface area contributed by atoms with Crippen LogP contribution in [0.15, 0.2) is 16.6 Å². The number of carboxylic acids is 1. The summed E-state index contributed by atoms with van der Waals surface area (Å²) in [6.07, 6.45) is 0.733. The van der Waals surface area contributed by atoms with Gasteiger partial charge in [-0.05, 0) is 32.9 Å². The third kappa shape index (κ3) is 2.08. The molecule has 0 saturated heterocycles. The number of aldehydes is 1. The summed E-state index contributed by atoms with van der Waals surface area (Å²) >= 11 is 3.33. The van der Waals surface area contributed by atoms with Crippen LogP contribution in [0.25, 0.3) is 10.9 Å². The summed E-state index contributed by atoms with van der Waals surface area (Å²) in [7, 11) is 0. The van der Waals surface area contributed by atoms with E-state index in [2.05, 4.69) is 15.9 Å². The Labute approximate surface area is 119 Å². The van der Waals surface area contributed by atoms with Gasteiger partial charge in [0.1, 0.15) is 0 Å². The van der Waals surface area contributed by atoms with E-state index >= 15 is 0 Å². The second kappa shape index (κ2) is 4.81. The number of carboxylic acid groups (broad SMARTS) is 1. The fraction of sp³-hybridized carbons (Fsp3) is 0.286. The molecule has 2 aromatic rings. The van der Waals surface area contributed by atoms with Gasteiger partial charge in [-0.1, -0.05) is 15.9 Å². The van der Waals surface area contributed by atoms with Crippen molar-refractivity contribution in [2.45, 2.75) is 26.8 Å². The first-order valence-electron chi connectivity index (χ1n) is 5.91. The van der Waals surface area contributed by atoms with Gasteiger partial charge in [-0.15, -0.1) is 0 Å². The van der Waals surface area contributed by atoms with Crippen molar-refractivity contribution in [2.24, 2.45) is 0 Å². The summed E-state index contributed by atoms with van der Waals surface area (Å²) in [6, 6.07) is 3.52. The molecule has 0 spiro atoms. The summed E-state index contributed by atoms with van der Waals surface area (Å²) < 4.78 is 2.67. The quantitative estimate of drug-likeness (QED) is 0.874. The number of carbonyl (C=O) groups excluding carboxylic acids is 1. The topological polar surface area (TPSA) is 59.3 Å². The number of nitrogens with zero attached hydrogens (tertiary/aromatic N) is 1. The third-order valence-electron chi connectivity index (χ3n) is 3.23. The Morgan fingerprint density at radius 3 is 2.53 bits per heavy atom. The molecule has 0 aliphatic heterocycles. The lowest BCUT2D eigenvalue weighted by molar-refractivity contribution is 0.0699. The van der Waals surface area contributed by atoms with Crippen LogP contribution in [0.1, 0.15) is 46.3 Å². The predicted octanol–water partition coefficient (Wildman–Crippen LogP) is 3.80. The first kappa shape index (κ1) is 13.8. The van der Waals surface area contributed by atoms with E-state index in [1.54, 1.807) is 0 Å². The Morgan fingerprint density at radius 2 is 2.05 bits per heavy atom. The Morgan fingerprint density at radius 1 is 1.42 bits per heavy atom. The molecule has 1 aromatic carbocycles. The molecule has 0 atom stereocenters. The number of benzene rings is 1. The molecule has 0 saturated carbocycles. The van der Waals surface area contributed by atoms with Crippen molar-refractivity contribution < 1.29 is 14.7 Å². The van der Waals surface area contributed by atoms with E-state index in [1.165, 1.54) is 6.07 Å². The van der Waals surface area contributed by atoms with Crippen molar-refractivity contribution in [3.8, 4) is 0 Å². The van der Waals surface area contributed by atoms with Gasteiger partial charge >= 0.3 is 5.97 Å². The molecule has 0 amide bonds. The van der Waals surface area contributed by atoms with Gasteiger partial charge in [0.15, 0.2) is 6.29 Å². The minimum Gasteiger partial charge on any atom is -0.478 e. The molecule has 19 heavy (non-hydrogen) atoms. The Kier molecular flexibility index (Phi) is 3.49. The molecule has 0 bridgehead atoms. The van der Waals surface area contributed by atoms with Gasteiger partial charge in [0.25, 0.3) is 0 Å². The summed E-state index contributed by atoms with van der Waals surface area (Å²) in [6.45, 7) is 5.84. The maximum absolute atomic E-state index is 11.4. The predicted molar refractivity (Wildman–Crippen MR) is 77.1 cm³/mol. The van der Waals surface area contributed by atoms with Crippen molar-refractivity contribution in [2.75, 3.05) is 0 Å². The Hall–Kier alpha value is -1.62. The van der Waals surface area contributed by atoms with E-state index in [4.69, 9.17) is 0 Å². The number of aromatic nitrogens is 1. The average molecular weight is 324 g/mol. The fourth-order valence-corrected chi connectivity index (χ4v) is 2.98. The molecule has 2 rings (SSSR count). The van der Waals surface area contributed by atoms with Crippen LogP contribution in [-0.4, -0.2) is 21.9 Å². The molecule has 1 heterocycles. The molecule has 0 aliphatic carbocycles. The molecule has 100 valence electrons. The van der Waals surface area contributed by atoms with Crippen molar-refractivity contribution in [3.63, 3.8) is 0 Å². The molecule has 4 nitrogen and oxygen atoms in total. The number of hydrogen-bond acceptors (Lipinski definition) is 2. The van der Waals surface area contributed by atoms with Gasteiger partial charge in [-0.3, -0.25) is 4.79 Å². The first-order valence-corrected chi connectivity index (χ1v) is 6.70. The van der Waals surface area contributed by atoms with Crippen LogP contribution in [0.5, 0.6) is 0 Å². The molecule has 0 fully saturated rings. The number of carbonyl (C=O) groups is 2. The van der Waals surface area contributed by atoms with Crippen molar-refractivity contribution in [3.05, 3.63) is 33.4 Å². The minimum absolute atomic E-state index is 0.146. The first-order chi connectivity index (χ1) is 8.88. The second-order valence-electron chi connectivity index (χ2n) is 4.73. The smallest absolute Gasteiger partial charge is 0.336 e. The van der Waals surface area contributed by atoms with Crippen LogP contribution in [0.4, 0.5) is 0 Å². The summed E-state index contributed by atoms with van der Waals surface area (Å²) in [5.41, 5.74) is 2.16. The van der Waals surface area contributed by atoms with Gasteiger partial charge < -0.3 is 9.67 Å². The monoisotopic (exact) mass is 323 g/mol. The standard InChI is InChI=1S/C14H14BrNO3/c1-7(2)16-8(3)11(6-17)13-10(14(18)19)4-9(15)5-12(13)16/h4-7H,1-3H3,(H,18,19). The number of hydrogen-bond donors (Lipinski definition) is 1. The summed E-state index contributed by atoms with van der Waals surface area (Å²) in [5.74, 6) is -1.03. The molecule has 1 aromatic heterocycles. The van der Waals surface area contributed by atoms with Crippen molar-refractivity contribution in [1.82, 2.24) is 4.57 Å². The fourth-order valence-electron chi connectivity index (χ4n) is 2.54. The maximum Gasteiger partial charge on any atom is 0.336 e. The summed E-state index contributed by atoms with van der Waals surface area (Å²) in [5, 5.41) is 9.83. The van der Waals surface area contributed by atoms with Crippen LogP contribution in [-0.2, 0) is 0 Å². The van der Waals surface area contributed by atoms with Crippen LogP contribution in [0.2, 0.25) is 0 Å². The van der Waals surface area contributed by atoms with Crippen LogP contribution >= 0.6 is 15.9 Å². The molecular formula is C14H14BrNO3. The molecule has 0 aliphatic rings. The average Bonchev–Trinajstić information content (AvgIpc) is 2.59. The summed E-state index contributed by atoms with van der Waals surface area (Å²) in [4.78, 5) is 22.7. The number of rotatable bonds is 3. The SMILES string of the molecule is Cc1c(C=O)c2c(C(=O)O)cc(Br)cc2n1C(C)C. The van der Waals surface area contributed by atoms with E-state index in [9.17, 15) is 14.7 Å². The third-order valence-corrected chi connectivity index (χ3v) is 3.68. The van der Waals surface area contributed by atoms with E-state index < -0.39 is 5.97 Å². The van der Waals surface area contributed by atoms with E-state index in [0.717, 1.165) is 17.5 Å². The van der Waals surface area contributed by atoms with Gasteiger partial charge in [0.05, 0.1) is 11.1 Å². The Balaban J connectivity index is 3.05. The highest BCUT2D eigenvalue weighted by Crippen LogP contribution is 2.33. The highest BCUT2D eigenvalue weighted by atomic mass is 79.9. The largest absolute Gasteiger partial charge is 0.478 e. The Bertz CT molecular complexity index is 686. The zero-order valence-electron chi connectivity index (χ0n) is 10.9. The van der Waals surface area contributed by atoms with Crippen LogP contribution < -0.4 is 0 Å². The van der Waals surface area contributed by atoms with Gasteiger partial charge in [-0.25, -0.2) is 4.79 Å². The highest BCUT2D eigenvalue weighted by Gasteiger charge is 2.21. The molecule has 0 radical (unpaired) electrons. The lowest BCUT2D eigenvalue weighted by Crippen LogP contribution is -2.03. The molecule has 0 unspecified atom stereocenters. The normalized spacial score (nSPS) is 11.2. The lowest BCUT2D eigenvalue weighted by Gasteiger charge is -2.12. The highest BCUT2D eigenvalue weighted by molar-refractivity contribution is 9.10. The van der Waals surface area contributed by atoms with Gasteiger partial charge in [0.2, 0.25) is 0 Å². The van der Waals surface area contributed by atoms with Gasteiger partial charge in [0, 0.05) is 27.2 Å². The maximum atomic E-state index is 11.4. The zero-order chi connectivity index (χ0) is 14.3. The number of halogens is 1. The molecule has 5 heteroatoms. The second-order valence-corrected chi connectivity index (χ2v) is 5.65. The number of aromatic carboxylic acids is 1. The van der Waals surface area contributed by atoms with E-state index in [0.29, 0.717) is 15.4 Å². The minimum atomic E-state index is -1.03. The van der Waals surface area contributed by atoms with Crippen LogP contribution in [0, 0.1) is 6.92 Å². The molecule has 1 N–H and O–H groups in total. The van der Waals surface area contributed by atoms with Crippen LogP contribution in [0.3, 0.4) is 0 Å².